The fraction of sp³-hybridized carbons (Fsp3) is 0.0588. The Balaban J connectivity index is 1.69. The lowest BCUT2D eigenvalue weighted by Gasteiger charge is -2.03. The van der Waals surface area contributed by atoms with Gasteiger partial charge in [0.2, 0.25) is 0 Å². The van der Waals surface area contributed by atoms with E-state index >= 15 is 0 Å². The third-order valence-corrected chi connectivity index (χ3v) is 4.18. The predicted octanol–water partition coefficient (Wildman–Crippen LogP) is 4.13. The van der Waals surface area contributed by atoms with Crippen LogP contribution in [0.2, 0.25) is 0 Å². The fourth-order valence-corrected chi connectivity index (χ4v) is 2.93. The SMILES string of the molecule is N#Cc1ccc(COC(=O)c2cc3ccccc3s2)cc1. The number of carbonyl (C=O) groups is 1. The molecule has 0 unspecified atom stereocenters. The van der Waals surface area contributed by atoms with Crippen molar-refractivity contribution in [1.29, 1.82) is 5.26 Å². The van der Waals surface area contributed by atoms with Crippen molar-refractivity contribution in [3.8, 4) is 6.07 Å². The first-order valence-corrected chi connectivity index (χ1v) is 7.22. The van der Waals surface area contributed by atoms with Gasteiger partial charge in [-0.3, -0.25) is 0 Å². The number of ether oxygens (including phenoxy) is 1. The van der Waals surface area contributed by atoms with Gasteiger partial charge in [-0.15, -0.1) is 11.3 Å². The molecule has 1 aromatic heterocycles. The van der Waals surface area contributed by atoms with Crippen molar-refractivity contribution in [3.05, 3.63) is 70.6 Å². The Morgan fingerprint density at radius 1 is 1.14 bits per heavy atom. The van der Waals surface area contributed by atoms with Crippen LogP contribution in [0.4, 0.5) is 0 Å². The first-order valence-electron chi connectivity index (χ1n) is 6.41. The molecule has 0 aliphatic carbocycles. The van der Waals surface area contributed by atoms with E-state index in [-0.39, 0.29) is 12.6 Å². The molecule has 0 aliphatic rings. The highest BCUT2D eigenvalue weighted by Crippen LogP contribution is 2.26. The van der Waals surface area contributed by atoms with E-state index in [1.54, 1.807) is 24.3 Å². The topological polar surface area (TPSA) is 50.1 Å². The minimum absolute atomic E-state index is 0.207. The van der Waals surface area contributed by atoms with Gasteiger partial charge in [0.05, 0.1) is 11.6 Å². The highest BCUT2D eigenvalue weighted by molar-refractivity contribution is 7.20. The van der Waals surface area contributed by atoms with Crippen molar-refractivity contribution < 1.29 is 9.53 Å². The normalized spacial score (nSPS) is 10.2. The van der Waals surface area contributed by atoms with Crippen LogP contribution in [-0.4, -0.2) is 5.97 Å². The molecule has 0 amide bonds. The molecule has 102 valence electrons. The number of fused-ring (bicyclic) bond motifs is 1. The smallest absolute Gasteiger partial charge is 0.348 e. The first kappa shape index (κ1) is 13.3. The van der Waals surface area contributed by atoms with Gasteiger partial charge in [-0.1, -0.05) is 30.3 Å². The summed E-state index contributed by atoms with van der Waals surface area (Å²) in [5, 5.41) is 9.78. The largest absolute Gasteiger partial charge is 0.457 e. The second kappa shape index (κ2) is 5.78. The summed E-state index contributed by atoms with van der Waals surface area (Å²) < 4.78 is 6.38. The third-order valence-electron chi connectivity index (χ3n) is 3.08. The molecule has 0 radical (unpaired) electrons. The molecule has 0 N–H and O–H groups in total. The van der Waals surface area contributed by atoms with Gasteiger partial charge in [0.15, 0.2) is 0 Å². The molecular weight excluding hydrogens is 282 g/mol. The maximum Gasteiger partial charge on any atom is 0.348 e. The van der Waals surface area contributed by atoms with Crippen LogP contribution in [0.3, 0.4) is 0 Å². The van der Waals surface area contributed by atoms with Crippen molar-refractivity contribution in [2.45, 2.75) is 6.61 Å². The zero-order valence-electron chi connectivity index (χ0n) is 11.1. The molecule has 0 spiro atoms. The number of hydrogen-bond donors (Lipinski definition) is 0. The Morgan fingerprint density at radius 3 is 2.62 bits per heavy atom. The summed E-state index contributed by atoms with van der Waals surface area (Å²) in [5.74, 6) is -0.319. The number of benzene rings is 2. The van der Waals surface area contributed by atoms with Crippen molar-refractivity contribution in [1.82, 2.24) is 0 Å². The van der Waals surface area contributed by atoms with E-state index in [1.807, 2.05) is 30.3 Å². The second-order valence-electron chi connectivity index (χ2n) is 4.53. The van der Waals surface area contributed by atoms with Gasteiger partial charge in [0.1, 0.15) is 11.5 Å². The second-order valence-corrected chi connectivity index (χ2v) is 5.62. The van der Waals surface area contributed by atoms with Crippen LogP contribution < -0.4 is 0 Å². The molecule has 0 bridgehead atoms. The van der Waals surface area contributed by atoms with Gasteiger partial charge in [0, 0.05) is 4.70 Å². The van der Waals surface area contributed by atoms with Crippen LogP contribution in [0.15, 0.2) is 54.6 Å². The Morgan fingerprint density at radius 2 is 1.90 bits per heavy atom. The molecule has 2 aromatic carbocycles. The average Bonchev–Trinajstić information content (AvgIpc) is 2.97. The molecule has 0 atom stereocenters. The van der Waals surface area contributed by atoms with E-state index < -0.39 is 0 Å². The highest BCUT2D eigenvalue weighted by atomic mass is 32.1. The maximum absolute atomic E-state index is 12.0. The predicted molar refractivity (Wildman–Crippen MR) is 82.1 cm³/mol. The molecule has 0 aliphatic heterocycles. The van der Waals surface area contributed by atoms with E-state index in [1.165, 1.54) is 11.3 Å². The van der Waals surface area contributed by atoms with Crippen molar-refractivity contribution in [3.63, 3.8) is 0 Å². The molecule has 3 nitrogen and oxygen atoms in total. The zero-order valence-corrected chi connectivity index (χ0v) is 11.9. The van der Waals surface area contributed by atoms with Crippen LogP contribution >= 0.6 is 11.3 Å². The molecule has 4 heteroatoms. The highest BCUT2D eigenvalue weighted by Gasteiger charge is 2.11. The summed E-state index contributed by atoms with van der Waals surface area (Å²) in [6.45, 7) is 0.207. The Labute approximate surface area is 126 Å². The average molecular weight is 293 g/mol. The molecule has 3 rings (SSSR count). The zero-order chi connectivity index (χ0) is 14.7. The molecule has 1 heterocycles. The maximum atomic E-state index is 12.0. The number of hydrogen-bond acceptors (Lipinski definition) is 4. The lowest BCUT2D eigenvalue weighted by atomic mass is 10.2. The van der Waals surface area contributed by atoms with E-state index in [4.69, 9.17) is 10.00 Å². The summed E-state index contributed by atoms with van der Waals surface area (Å²) in [7, 11) is 0. The lowest BCUT2D eigenvalue weighted by molar-refractivity contribution is 0.0478. The quantitative estimate of drug-likeness (QED) is 0.682. The van der Waals surface area contributed by atoms with Crippen LogP contribution in [0, 0.1) is 11.3 Å². The third kappa shape index (κ3) is 2.93. The Hall–Kier alpha value is -2.64. The van der Waals surface area contributed by atoms with E-state index in [2.05, 4.69) is 6.07 Å². The fourth-order valence-electron chi connectivity index (χ4n) is 1.98. The van der Waals surface area contributed by atoms with Crippen molar-refractivity contribution >= 4 is 27.4 Å². The van der Waals surface area contributed by atoms with Crippen LogP contribution in [0.25, 0.3) is 10.1 Å². The molecular formula is C17H11NO2S. The number of esters is 1. The van der Waals surface area contributed by atoms with Gasteiger partial charge in [-0.2, -0.15) is 5.26 Å². The Kier molecular flexibility index (Phi) is 3.67. The number of nitriles is 1. The van der Waals surface area contributed by atoms with Crippen LogP contribution in [-0.2, 0) is 11.3 Å². The molecule has 21 heavy (non-hydrogen) atoms. The van der Waals surface area contributed by atoms with Crippen LogP contribution in [0.1, 0.15) is 20.8 Å². The molecule has 0 fully saturated rings. The van der Waals surface area contributed by atoms with Gasteiger partial charge >= 0.3 is 5.97 Å². The van der Waals surface area contributed by atoms with Crippen molar-refractivity contribution in [2.24, 2.45) is 0 Å². The van der Waals surface area contributed by atoms with Gasteiger partial charge in [-0.25, -0.2) is 4.79 Å². The Bertz CT molecular complexity index is 795. The summed E-state index contributed by atoms with van der Waals surface area (Å²) >= 11 is 1.43. The minimum atomic E-state index is -0.319. The van der Waals surface area contributed by atoms with Crippen molar-refractivity contribution in [2.75, 3.05) is 0 Å². The van der Waals surface area contributed by atoms with Gasteiger partial charge in [0.25, 0.3) is 0 Å². The number of rotatable bonds is 3. The monoisotopic (exact) mass is 293 g/mol. The molecule has 3 aromatic rings. The van der Waals surface area contributed by atoms with E-state index in [9.17, 15) is 4.79 Å². The van der Waals surface area contributed by atoms with Gasteiger partial charge in [-0.05, 0) is 35.2 Å². The standard InChI is InChI=1S/C17H11NO2S/c18-10-12-5-7-13(8-6-12)11-20-17(19)16-9-14-3-1-2-4-15(14)21-16/h1-9H,11H2. The number of thiophene rings is 1. The number of carbonyl (C=O) groups excluding carboxylic acids is 1. The first-order chi connectivity index (χ1) is 10.3. The summed E-state index contributed by atoms with van der Waals surface area (Å²) in [6, 6.07) is 18.8. The van der Waals surface area contributed by atoms with E-state index in [0.29, 0.717) is 10.4 Å². The minimum Gasteiger partial charge on any atom is -0.457 e. The molecule has 0 saturated carbocycles. The molecule has 0 saturated heterocycles. The lowest BCUT2D eigenvalue weighted by Crippen LogP contribution is -2.02. The summed E-state index contributed by atoms with van der Waals surface area (Å²) in [6.07, 6.45) is 0. The summed E-state index contributed by atoms with van der Waals surface area (Å²) in [4.78, 5) is 12.6. The van der Waals surface area contributed by atoms with Crippen LogP contribution in [0.5, 0.6) is 0 Å². The number of nitrogens with zero attached hydrogens (tertiary/aromatic N) is 1. The summed E-state index contributed by atoms with van der Waals surface area (Å²) in [5.41, 5.74) is 1.46. The van der Waals surface area contributed by atoms with E-state index in [0.717, 1.165) is 15.6 Å². The van der Waals surface area contributed by atoms with Gasteiger partial charge < -0.3 is 4.74 Å².